The van der Waals surface area contributed by atoms with Crippen molar-refractivity contribution in [3.8, 4) is 0 Å². The molecule has 1 fully saturated rings. The quantitative estimate of drug-likeness (QED) is 0.762. The minimum absolute atomic E-state index is 0.0482. The van der Waals surface area contributed by atoms with Gasteiger partial charge in [0.1, 0.15) is 6.04 Å². The van der Waals surface area contributed by atoms with E-state index in [9.17, 15) is 14.7 Å². The summed E-state index contributed by atoms with van der Waals surface area (Å²) >= 11 is 6.72. The second-order valence-electron chi connectivity index (χ2n) is 5.15. The Hall–Kier alpha value is -1.08. The summed E-state index contributed by atoms with van der Waals surface area (Å²) < 4.78 is 1.58. The minimum atomic E-state index is -0.953. The summed E-state index contributed by atoms with van der Waals surface area (Å²) in [6.07, 6.45) is 1.64. The number of carboxylic acids is 1. The Kier molecular flexibility index (Phi) is 5.27. The van der Waals surface area contributed by atoms with E-state index >= 15 is 0 Å². The zero-order valence-corrected chi connectivity index (χ0v) is 14.6. The van der Waals surface area contributed by atoms with Gasteiger partial charge in [-0.25, -0.2) is 9.59 Å². The van der Waals surface area contributed by atoms with E-state index in [0.29, 0.717) is 12.2 Å². The Morgan fingerprint density at radius 1 is 1.38 bits per heavy atom. The first-order valence-corrected chi connectivity index (χ1v) is 8.24. The third kappa shape index (κ3) is 3.77. The summed E-state index contributed by atoms with van der Waals surface area (Å²) in [5.41, 5.74) is 0.608. The molecular formula is C14H16Br2N2O3. The monoisotopic (exact) mass is 418 g/mol. The average molecular weight is 420 g/mol. The summed E-state index contributed by atoms with van der Waals surface area (Å²) in [4.78, 5) is 25.2. The van der Waals surface area contributed by atoms with Gasteiger partial charge < -0.3 is 15.3 Å². The third-order valence-electron chi connectivity index (χ3n) is 3.62. The van der Waals surface area contributed by atoms with Crippen molar-refractivity contribution in [3.63, 3.8) is 0 Å². The van der Waals surface area contributed by atoms with Crippen LogP contribution in [0.1, 0.15) is 19.8 Å². The van der Waals surface area contributed by atoms with E-state index in [2.05, 4.69) is 37.2 Å². The summed E-state index contributed by atoms with van der Waals surface area (Å²) in [6, 6.07) is 4.28. The molecule has 0 saturated carbocycles. The second kappa shape index (κ2) is 6.79. The topological polar surface area (TPSA) is 69.6 Å². The molecule has 1 aromatic rings. The number of carbonyl (C=O) groups excluding carboxylic acids is 1. The Labute approximate surface area is 140 Å². The number of anilines is 1. The molecule has 0 spiro atoms. The van der Waals surface area contributed by atoms with Crippen molar-refractivity contribution in [2.24, 2.45) is 5.92 Å². The molecule has 2 N–H and O–H groups in total. The molecule has 2 rings (SSSR count). The predicted octanol–water partition coefficient (Wildman–Crippen LogP) is 3.93. The Morgan fingerprint density at radius 3 is 2.76 bits per heavy atom. The van der Waals surface area contributed by atoms with E-state index in [4.69, 9.17) is 0 Å². The van der Waals surface area contributed by atoms with Crippen LogP contribution in [0.25, 0.3) is 0 Å². The number of urea groups is 1. The fraction of sp³-hybridized carbons (Fsp3) is 0.429. The van der Waals surface area contributed by atoms with Crippen molar-refractivity contribution in [1.82, 2.24) is 4.90 Å². The molecule has 0 radical (unpaired) electrons. The van der Waals surface area contributed by atoms with Gasteiger partial charge in [0, 0.05) is 15.5 Å². The number of piperidine rings is 1. The molecule has 7 heteroatoms. The lowest BCUT2D eigenvalue weighted by Crippen LogP contribution is -2.53. The van der Waals surface area contributed by atoms with Crippen LogP contribution in [0, 0.1) is 5.92 Å². The molecule has 0 bridgehead atoms. The van der Waals surface area contributed by atoms with E-state index in [-0.39, 0.29) is 11.9 Å². The highest BCUT2D eigenvalue weighted by atomic mass is 79.9. The van der Waals surface area contributed by atoms with Gasteiger partial charge in [0.2, 0.25) is 0 Å². The van der Waals surface area contributed by atoms with Crippen molar-refractivity contribution in [3.05, 3.63) is 27.1 Å². The van der Waals surface area contributed by atoms with E-state index in [1.165, 1.54) is 4.90 Å². The summed E-state index contributed by atoms with van der Waals surface area (Å²) in [5.74, 6) is -1.00. The van der Waals surface area contributed by atoms with Crippen LogP contribution in [0.15, 0.2) is 27.1 Å². The molecule has 2 unspecified atom stereocenters. The maximum absolute atomic E-state index is 12.4. The predicted molar refractivity (Wildman–Crippen MR) is 87.4 cm³/mol. The number of carboxylic acid groups (broad SMARTS) is 1. The van der Waals surface area contributed by atoms with Crippen molar-refractivity contribution in [2.45, 2.75) is 25.8 Å². The van der Waals surface area contributed by atoms with E-state index in [0.717, 1.165) is 21.8 Å². The maximum Gasteiger partial charge on any atom is 0.326 e. The van der Waals surface area contributed by atoms with Crippen molar-refractivity contribution in [1.29, 1.82) is 0 Å². The largest absolute Gasteiger partial charge is 0.480 e. The molecule has 1 heterocycles. The van der Waals surface area contributed by atoms with Crippen LogP contribution in [0.4, 0.5) is 10.5 Å². The van der Waals surface area contributed by atoms with Gasteiger partial charge in [0.15, 0.2) is 0 Å². The number of hydrogen-bond acceptors (Lipinski definition) is 2. The smallest absolute Gasteiger partial charge is 0.326 e. The standard InChI is InChI=1S/C14H16Br2N2O3/c1-8-3-2-6-18(12(8)13(19)20)14(21)17-11-7-9(15)4-5-10(11)16/h4-5,7-8,12H,2-3,6H2,1H3,(H,17,21)(H,19,20). The molecule has 5 nitrogen and oxygen atoms in total. The van der Waals surface area contributed by atoms with Crippen LogP contribution in [-0.4, -0.2) is 34.6 Å². The number of carbonyl (C=O) groups is 2. The normalized spacial score (nSPS) is 22.0. The van der Waals surface area contributed by atoms with E-state index in [1.807, 2.05) is 19.1 Å². The van der Waals surface area contributed by atoms with E-state index < -0.39 is 12.0 Å². The van der Waals surface area contributed by atoms with Gasteiger partial charge >= 0.3 is 12.0 Å². The number of aliphatic carboxylic acids is 1. The third-order valence-corrected chi connectivity index (χ3v) is 4.80. The molecule has 1 saturated heterocycles. The van der Waals surface area contributed by atoms with Gasteiger partial charge in [-0.3, -0.25) is 0 Å². The number of rotatable bonds is 2. The molecular weight excluding hydrogens is 404 g/mol. The van der Waals surface area contributed by atoms with Gasteiger partial charge in [0.05, 0.1) is 5.69 Å². The van der Waals surface area contributed by atoms with Crippen LogP contribution >= 0.6 is 31.9 Å². The molecule has 0 aliphatic carbocycles. The molecule has 114 valence electrons. The number of halogens is 2. The highest BCUT2D eigenvalue weighted by Gasteiger charge is 2.37. The van der Waals surface area contributed by atoms with Gasteiger partial charge in [-0.2, -0.15) is 0 Å². The van der Waals surface area contributed by atoms with Crippen LogP contribution in [0.5, 0.6) is 0 Å². The Morgan fingerprint density at radius 2 is 2.10 bits per heavy atom. The minimum Gasteiger partial charge on any atom is -0.480 e. The highest BCUT2D eigenvalue weighted by molar-refractivity contribution is 9.11. The number of benzene rings is 1. The first-order valence-electron chi connectivity index (χ1n) is 6.65. The van der Waals surface area contributed by atoms with Crippen LogP contribution in [0.3, 0.4) is 0 Å². The fourth-order valence-electron chi connectivity index (χ4n) is 2.57. The lowest BCUT2D eigenvalue weighted by molar-refractivity contribution is -0.145. The summed E-state index contributed by atoms with van der Waals surface area (Å²) in [5, 5.41) is 12.1. The van der Waals surface area contributed by atoms with Gasteiger partial charge in [-0.15, -0.1) is 0 Å². The average Bonchev–Trinajstić information content (AvgIpc) is 2.42. The van der Waals surface area contributed by atoms with Crippen LogP contribution in [0.2, 0.25) is 0 Å². The fourth-order valence-corrected chi connectivity index (χ4v) is 3.28. The van der Waals surface area contributed by atoms with Crippen LogP contribution in [-0.2, 0) is 4.79 Å². The van der Waals surface area contributed by atoms with E-state index in [1.54, 1.807) is 6.07 Å². The first kappa shape index (κ1) is 16.3. The van der Waals surface area contributed by atoms with Crippen molar-refractivity contribution < 1.29 is 14.7 Å². The zero-order chi connectivity index (χ0) is 15.6. The number of nitrogens with zero attached hydrogens (tertiary/aromatic N) is 1. The van der Waals surface area contributed by atoms with Gasteiger partial charge in [0.25, 0.3) is 0 Å². The number of likely N-dealkylation sites (tertiary alicyclic amines) is 1. The molecule has 0 aromatic heterocycles. The molecule has 1 aliphatic rings. The lowest BCUT2D eigenvalue weighted by atomic mass is 9.91. The number of nitrogens with one attached hydrogen (secondary N) is 1. The molecule has 1 aliphatic heterocycles. The van der Waals surface area contributed by atoms with Gasteiger partial charge in [-0.05, 0) is 52.9 Å². The molecule has 1 aromatic carbocycles. The van der Waals surface area contributed by atoms with Crippen molar-refractivity contribution in [2.75, 3.05) is 11.9 Å². The lowest BCUT2D eigenvalue weighted by Gasteiger charge is -2.37. The Balaban J connectivity index is 2.18. The SMILES string of the molecule is CC1CCCN(C(=O)Nc2cc(Br)ccc2Br)C1C(=O)O. The molecule has 2 atom stereocenters. The number of hydrogen-bond donors (Lipinski definition) is 2. The zero-order valence-electron chi connectivity index (χ0n) is 11.5. The van der Waals surface area contributed by atoms with Crippen molar-refractivity contribution >= 4 is 49.5 Å². The second-order valence-corrected chi connectivity index (χ2v) is 6.92. The molecule has 21 heavy (non-hydrogen) atoms. The summed E-state index contributed by atoms with van der Waals surface area (Å²) in [6.45, 7) is 2.33. The van der Waals surface area contributed by atoms with Crippen LogP contribution < -0.4 is 5.32 Å². The molecule has 2 amide bonds. The summed E-state index contributed by atoms with van der Waals surface area (Å²) in [7, 11) is 0. The maximum atomic E-state index is 12.4. The van der Waals surface area contributed by atoms with Gasteiger partial charge in [-0.1, -0.05) is 22.9 Å². The highest BCUT2D eigenvalue weighted by Crippen LogP contribution is 2.28. The first-order chi connectivity index (χ1) is 9.90. The number of amides is 2. The Bertz CT molecular complexity index is 565.